The molecule has 5 rings (SSSR count). The molecule has 0 spiro atoms. The molecule has 2 aliphatic rings. The van der Waals surface area contributed by atoms with Crippen molar-refractivity contribution in [2.45, 2.75) is 18.9 Å². The van der Waals surface area contributed by atoms with Crippen molar-refractivity contribution in [3.05, 3.63) is 82.5 Å². The third-order valence-electron chi connectivity index (χ3n) is 5.72. The Hall–Kier alpha value is -3.48. The number of rotatable bonds is 3. The standard InChI is InChI=1S/C22H21N5O2/c28-20(16-5-2-1-3-6-16)25-18-7-8-19-17-11-15(13-27(19)21(18)29)12-26(14-17)22-23-9-4-10-24-22/h1-10,15,17H,11-14H2,(H,25,28)/t15-,17+/m0/s1. The van der Waals surface area contributed by atoms with Crippen molar-refractivity contribution < 1.29 is 4.79 Å². The summed E-state index contributed by atoms with van der Waals surface area (Å²) in [6, 6.07) is 14.4. The van der Waals surface area contributed by atoms with E-state index in [2.05, 4.69) is 20.2 Å². The molecule has 2 atom stereocenters. The van der Waals surface area contributed by atoms with Crippen LogP contribution in [0.1, 0.15) is 28.4 Å². The molecule has 0 unspecified atom stereocenters. The first-order chi connectivity index (χ1) is 14.2. The fourth-order valence-corrected chi connectivity index (χ4v) is 4.44. The second-order valence-corrected chi connectivity index (χ2v) is 7.66. The van der Waals surface area contributed by atoms with E-state index >= 15 is 0 Å². The summed E-state index contributed by atoms with van der Waals surface area (Å²) in [4.78, 5) is 36.5. The predicted octanol–water partition coefficient (Wildman–Crippen LogP) is 2.51. The highest BCUT2D eigenvalue weighted by Crippen LogP contribution is 2.36. The Morgan fingerprint density at radius 2 is 1.76 bits per heavy atom. The van der Waals surface area contributed by atoms with Crippen LogP contribution in [0.5, 0.6) is 0 Å². The molecule has 3 aromatic rings. The van der Waals surface area contributed by atoms with Crippen molar-refractivity contribution in [2.75, 3.05) is 23.3 Å². The van der Waals surface area contributed by atoms with Gasteiger partial charge in [-0.1, -0.05) is 18.2 Å². The minimum atomic E-state index is -0.272. The van der Waals surface area contributed by atoms with Crippen molar-refractivity contribution in [3.8, 4) is 0 Å². The van der Waals surface area contributed by atoms with Crippen LogP contribution < -0.4 is 15.8 Å². The van der Waals surface area contributed by atoms with Gasteiger partial charge in [0.25, 0.3) is 11.5 Å². The van der Waals surface area contributed by atoms with Gasteiger partial charge in [-0.25, -0.2) is 9.97 Å². The monoisotopic (exact) mass is 387 g/mol. The van der Waals surface area contributed by atoms with Gasteiger partial charge in [0.15, 0.2) is 0 Å². The number of hydrogen-bond donors (Lipinski definition) is 1. The van der Waals surface area contributed by atoms with E-state index in [0.29, 0.717) is 23.7 Å². The van der Waals surface area contributed by atoms with Gasteiger partial charge in [-0.05, 0) is 42.7 Å². The van der Waals surface area contributed by atoms with E-state index in [0.717, 1.165) is 31.2 Å². The Balaban J connectivity index is 1.41. The number of aromatic nitrogens is 3. The molecule has 1 fully saturated rings. The topological polar surface area (TPSA) is 80.1 Å². The Kier molecular flexibility index (Phi) is 4.35. The summed E-state index contributed by atoms with van der Waals surface area (Å²) in [5, 5.41) is 2.77. The smallest absolute Gasteiger partial charge is 0.274 e. The molecule has 146 valence electrons. The first-order valence-corrected chi connectivity index (χ1v) is 9.81. The van der Waals surface area contributed by atoms with Crippen LogP contribution in [0.4, 0.5) is 11.6 Å². The molecule has 7 heteroatoms. The quantitative estimate of drug-likeness (QED) is 0.747. The molecule has 0 saturated carbocycles. The van der Waals surface area contributed by atoms with Gasteiger partial charge in [-0.15, -0.1) is 0 Å². The number of anilines is 2. The van der Waals surface area contributed by atoms with Crippen molar-refractivity contribution >= 4 is 17.5 Å². The molecule has 1 amide bonds. The predicted molar refractivity (Wildman–Crippen MR) is 110 cm³/mol. The molecule has 2 aliphatic heterocycles. The summed E-state index contributed by atoms with van der Waals surface area (Å²) in [7, 11) is 0. The zero-order chi connectivity index (χ0) is 19.8. The molecule has 4 heterocycles. The highest BCUT2D eigenvalue weighted by Gasteiger charge is 2.35. The van der Waals surface area contributed by atoms with Gasteiger partial charge < -0.3 is 14.8 Å². The molecule has 7 nitrogen and oxygen atoms in total. The van der Waals surface area contributed by atoms with Crippen molar-refractivity contribution in [3.63, 3.8) is 0 Å². The number of carbonyl (C=O) groups is 1. The number of fused-ring (bicyclic) bond motifs is 4. The van der Waals surface area contributed by atoms with Crippen molar-refractivity contribution in [1.29, 1.82) is 0 Å². The number of benzene rings is 1. The van der Waals surface area contributed by atoms with Crippen LogP contribution >= 0.6 is 0 Å². The molecular formula is C22H21N5O2. The van der Waals surface area contributed by atoms with Crippen LogP contribution in [-0.2, 0) is 6.54 Å². The summed E-state index contributed by atoms with van der Waals surface area (Å²) >= 11 is 0. The summed E-state index contributed by atoms with van der Waals surface area (Å²) < 4.78 is 1.84. The number of nitrogens with zero attached hydrogens (tertiary/aromatic N) is 4. The van der Waals surface area contributed by atoms with Crippen molar-refractivity contribution in [1.82, 2.24) is 14.5 Å². The van der Waals surface area contributed by atoms with Gasteiger partial charge in [0, 0.05) is 49.2 Å². The van der Waals surface area contributed by atoms with E-state index in [4.69, 9.17) is 0 Å². The average Bonchev–Trinajstić information content (AvgIpc) is 2.77. The summed E-state index contributed by atoms with van der Waals surface area (Å²) in [6.45, 7) is 2.26. The second-order valence-electron chi connectivity index (χ2n) is 7.66. The summed E-state index contributed by atoms with van der Waals surface area (Å²) in [5.41, 5.74) is 1.74. The maximum absolute atomic E-state index is 13.1. The Morgan fingerprint density at radius 3 is 2.55 bits per heavy atom. The highest BCUT2D eigenvalue weighted by molar-refractivity contribution is 6.04. The second kappa shape index (κ2) is 7.16. The lowest BCUT2D eigenvalue weighted by molar-refractivity contribution is 0.102. The van der Waals surface area contributed by atoms with Gasteiger partial charge in [0.1, 0.15) is 5.69 Å². The summed E-state index contributed by atoms with van der Waals surface area (Å²) in [6.07, 6.45) is 4.57. The van der Waals surface area contributed by atoms with Crippen LogP contribution in [-0.4, -0.2) is 33.5 Å². The zero-order valence-electron chi connectivity index (χ0n) is 15.9. The van der Waals surface area contributed by atoms with Crippen LogP contribution in [0.3, 0.4) is 0 Å². The number of nitrogens with one attached hydrogen (secondary N) is 1. The molecule has 2 bridgehead atoms. The van der Waals surface area contributed by atoms with E-state index in [1.54, 1.807) is 42.7 Å². The first kappa shape index (κ1) is 17.6. The van der Waals surface area contributed by atoms with Crippen LogP contribution in [0.2, 0.25) is 0 Å². The maximum Gasteiger partial charge on any atom is 0.274 e. The fourth-order valence-electron chi connectivity index (χ4n) is 4.44. The lowest BCUT2D eigenvalue weighted by atomic mass is 9.83. The van der Waals surface area contributed by atoms with Gasteiger partial charge in [0.2, 0.25) is 5.95 Å². The third kappa shape index (κ3) is 3.29. The molecule has 0 aliphatic carbocycles. The van der Waals surface area contributed by atoms with E-state index in [1.807, 2.05) is 22.8 Å². The third-order valence-corrected chi connectivity index (χ3v) is 5.72. The van der Waals surface area contributed by atoms with E-state index < -0.39 is 0 Å². The van der Waals surface area contributed by atoms with E-state index in [9.17, 15) is 9.59 Å². The highest BCUT2D eigenvalue weighted by atomic mass is 16.2. The lowest BCUT2D eigenvalue weighted by Gasteiger charge is -2.42. The number of piperidine rings is 1. The number of amides is 1. The Labute approximate surface area is 168 Å². The SMILES string of the molecule is O=C(Nc1ccc2n(c1=O)C[C@H]1C[C@@H]2CN(c2ncccn2)C1)c1ccccc1. The van der Waals surface area contributed by atoms with E-state index in [1.165, 1.54) is 0 Å². The van der Waals surface area contributed by atoms with Crippen molar-refractivity contribution in [2.24, 2.45) is 5.92 Å². The largest absolute Gasteiger partial charge is 0.340 e. The number of carbonyl (C=O) groups excluding carboxylic acids is 1. The van der Waals surface area contributed by atoms with Gasteiger partial charge >= 0.3 is 0 Å². The molecule has 1 N–H and O–H groups in total. The van der Waals surface area contributed by atoms with Crippen LogP contribution in [0.15, 0.2) is 65.7 Å². The van der Waals surface area contributed by atoms with Gasteiger partial charge in [-0.2, -0.15) is 0 Å². The lowest BCUT2D eigenvalue weighted by Crippen LogP contribution is -2.48. The first-order valence-electron chi connectivity index (χ1n) is 9.81. The molecule has 0 radical (unpaired) electrons. The maximum atomic E-state index is 13.1. The fraction of sp³-hybridized carbons (Fsp3) is 0.273. The minimum Gasteiger partial charge on any atom is -0.340 e. The molecule has 2 aromatic heterocycles. The number of hydrogen-bond acceptors (Lipinski definition) is 5. The summed E-state index contributed by atoms with van der Waals surface area (Å²) in [5.74, 6) is 1.07. The normalized spacial score (nSPS) is 20.1. The average molecular weight is 387 g/mol. The number of pyridine rings is 1. The molecule has 1 saturated heterocycles. The Morgan fingerprint density at radius 1 is 0.966 bits per heavy atom. The molecular weight excluding hydrogens is 366 g/mol. The van der Waals surface area contributed by atoms with Gasteiger partial charge in [0.05, 0.1) is 0 Å². The molecule has 29 heavy (non-hydrogen) atoms. The Bertz CT molecular complexity index is 1100. The van der Waals surface area contributed by atoms with Crippen LogP contribution in [0, 0.1) is 5.92 Å². The minimum absolute atomic E-state index is 0.133. The zero-order valence-corrected chi connectivity index (χ0v) is 15.9. The van der Waals surface area contributed by atoms with Crippen LogP contribution in [0.25, 0.3) is 0 Å². The van der Waals surface area contributed by atoms with E-state index in [-0.39, 0.29) is 17.4 Å². The molecule has 1 aromatic carbocycles. The van der Waals surface area contributed by atoms with Gasteiger partial charge in [-0.3, -0.25) is 9.59 Å².